The van der Waals surface area contributed by atoms with Crippen LogP contribution in [0.15, 0.2) is 45.7 Å². The predicted molar refractivity (Wildman–Crippen MR) is 109 cm³/mol. The standard InChI is InChI=1S/C19H21N3O2S2/c1-12(2)9-20-15(23)11-26-19-21-17-16(18(24)22(19)3)14(10-25-17)13-7-5-4-6-8-13/h4-8,10,12H,9,11H2,1-3H3,(H,20,23). The Balaban J connectivity index is 1.87. The maximum Gasteiger partial charge on any atom is 0.263 e. The van der Waals surface area contributed by atoms with Crippen molar-refractivity contribution in [3.8, 4) is 11.1 Å². The van der Waals surface area contributed by atoms with Crippen LogP contribution in [0.3, 0.4) is 0 Å². The fraction of sp³-hybridized carbons (Fsp3) is 0.316. The molecule has 26 heavy (non-hydrogen) atoms. The molecule has 2 aromatic heterocycles. The van der Waals surface area contributed by atoms with Crippen molar-refractivity contribution in [2.45, 2.75) is 19.0 Å². The van der Waals surface area contributed by atoms with Crippen LogP contribution >= 0.6 is 23.1 Å². The van der Waals surface area contributed by atoms with Crippen molar-refractivity contribution >= 4 is 39.2 Å². The predicted octanol–water partition coefficient (Wildman–Crippen LogP) is 3.53. The van der Waals surface area contributed by atoms with E-state index in [0.29, 0.717) is 27.8 Å². The summed E-state index contributed by atoms with van der Waals surface area (Å²) in [4.78, 5) is 30.1. The third-order valence-electron chi connectivity index (χ3n) is 3.90. The van der Waals surface area contributed by atoms with Crippen LogP contribution in [-0.4, -0.2) is 27.8 Å². The average molecular weight is 388 g/mol. The Morgan fingerprint density at radius 1 is 1.31 bits per heavy atom. The topological polar surface area (TPSA) is 64.0 Å². The molecule has 1 N–H and O–H groups in total. The van der Waals surface area contributed by atoms with E-state index in [-0.39, 0.29) is 17.2 Å². The fourth-order valence-electron chi connectivity index (χ4n) is 2.51. The number of rotatable bonds is 6. The number of thiophene rings is 1. The smallest absolute Gasteiger partial charge is 0.263 e. The molecule has 0 atom stereocenters. The summed E-state index contributed by atoms with van der Waals surface area (Å²) < 4.78 is 1.53. The molecule has 0 spiro atoms. The third kappa shape index (κ3) is 3.99. The van der Waals surface area contributed by atoms with Crippen molar-refractivity contribution in [2.24, 2.45) is 13.0 Å². The molecule has 2 heterocycles. The minimum Gasteiger partial charge on any atom is -0.355 e. The van der Waals surface area contributed by atoms with E-state index in [4.69, 9.17) is 0 Å². The van der Waals surface area contributed by atoms with Crippen LogP contribution < -0.4 is 10.9 Å². The van der Waals surface area contributed by atoms with Crippen LogP contribution in [0.2, 0.25) is 0 Å². The number of benzene rings is 1. The van der Waals surface area contributed by atoms with Gasteiger partial charge in [-0.25, -0.2) is 4.98 Å². The number of carbonyl (C=O) groups is 1. The summed E-state index contributed by atoms with van der Waals surface area (Å²) in [5, 5.41) is 6.04. The van der Waals surface area contributed by atoms with Gasteiger partial charge in [-0.2, -0.15) is 0 Å². The molecule has 0 aliphatic carbocycles. The van der Waals surface area contributed by atoms with Crippen LogP contribution in [0.25, 0.3) is 21.3 Å². The normalized spacial score (nSPS) is 11.2. The quantitative estimate of drug-likeness (QED) is 0.519. The first-order valence-corrected chi connectivity index (χ1v) is 10.3. The van der Waals surface area contributed by atoms with Gasteiger partial charge in [0.25, 0.3) is 5.56 Å². The number of amides is 1. The van der Waals surface area contributed by atoms with Gasteiger partial charge in [-0.05, 0) is 11.5 Å². The van der Waals surface area contributed by atoms with Gasteiger partial charge in [0.15, 0.2) is 5.16 Å². The molecule has 0 bridgehead atoms. The summed E-state index contributed by atoms with van der Waals surface area (Å²) in [5.41, 5.74) is 1.83. The second-order valence-corrected chi connectivity index (χ2v) is 8.24. The Bertz CT molecular complexity index is 978. The van der Waals surface area contributed by atoms with E-state index in [0.717, 1.165) is 11.1 Å². The van der Waals surface area contributed by atoms with Gasteiger partial charge >= 0.3 is 0 Å². The second kappa shape index (κ2) is 8.05. The summed E-state index contributed by atoms with van der Waals surface area (Å²) in [6.07, 6.45) is 0. The van der Waals surface area contributed by atoms with Crippen molar-refractivity contribution in [2.75, 3.05) is 12.3 Å². The zero-order chi connectivity index (χ0) is 18.7. The molecule has 136 valence electrons. The van der Waals surface area contributed by atoms with Crippen LogP contribution in [0.5, 0.6) is 0 Å². The van der Waals surface area contributed by atoms with Gasteiger partial charge in [-0.1, -0.05) is 55.9 Å². The molecule has 0 saturated heterocycles. The summed E-state index contributed by atoms with van der Waals surface area (Å²) in [6.45, 7) is 4.75. The largest absolute Gasteiger partial charge is 0.355 e. The number of nitrogens with zero attached hydrogens (tertiary/aromatic N) is 2. The number of aromatic nitrogens is 2. The molecule has 7 heteroatoms. The lowest BCUT2D eigenvalue weighted by Gasteiger charge is -2.09. The van der Waals surface area contributed by atoms with Gasteiger partial charge in [0.2, 0.25) is 5.91 Å². The molecular weight excluding hydrogens is 366 g/mol. The van der Waals surface area contributed by atoms with Gasteiger partial charge < -0.3 is 5.32 Å². The van der Waals surface area contributed by atoms with E-state index >= 15 is 0 Å². The molecule has 1 amide bonds. The van der Waals surface area contributed by atoms with Gasteiger partial charge in [0.1, 0.15) is 4.83 Å². The Labute approximate surface area is 160 Å². The molecule has 0 aliphatic heterocycles. The zero-order valence-electron chi connectivity index (χ0n) is 15.0. The van der Waals surface area contributed by atoms with Crippen LogP contribution in [-0.2, 0) is 11.8 Å². The lowest BCUT2D eigenvalue weighted by atomic mass is 10.1. The monoisotopic (exact) mass is 387 g/mol. The molecule has 1 aromatic carbocycles. The lowest BCUT2D eigenvalue weighted by molar-refractivity contribution is -0.118. The molecule has 0 aliphatic rings. The fourth-order valence-corrected chi connectivity index (χ4v) is 4.30. The molecule has 3 rings (SSSR count). The Morgan fingerprint density at radius 2 is 2.04 bits per heavy atom. The first-order chi connectivity index (χ1) is 12.5. The molecular formula is C19H21N3O2S2. The molecule has 0 unspecified atom stereocenters. The van der Waals surface area contributed by atoms with Crippen LogP contribution in [0.1, 0.15) is 13.8 Å². The van der Waals surface area contributed by atoms with Crippen molar-refractivity contribution < 1.29 is 4.79 Å². The highest BCUT2D eigenvalue weighted by molar-refractivity contribution is 7.99. The highest BCUT2D eigenvalue weighted by Gasteiger charge is 2.16. The minimum atomic E-state index is -0.0832. The van der Waals surface area contributed by atoms with E-state index < -0.39 is 0 Å². The summed E-state index contributed by atoms with van der Waals surface area (Å²) in [5.74, 6) is 0.606. The van der Waals surface area contributed by atoms with Gasteiger partial charge in [0.05, 0.1) is 11.1 Å². The number of nitrogens with one attached hydrogen (secondary N) is 1. The van der Waals surface area contributed by atoms with Crippen LogP contribution in [0.4, 0.5) is 0 Å². The Kier molecular flexibility index (Phi) is 5.78. The third-order valence-corrected chi connectivity index (χ3v) is 5.80. The second-order valence-electron chi connectivity index (χ2n) is 6.44. The SMILES string of the molecule is CC(C)CNC(=O)CSc1nc2scc(-c3ccccc3)c2c(=O)n1C. The van der Waals surface area contributed by atoms with E-state index in [9.17, 15) is 9.59 Å². The summed E-state index contributed by atoms with van der Waals surface area (Å²) >= 11 is 2.74. The van der Waals surface area contributed by atoms with Gasteiger partial charge in [-0.15, -0.1) is 11.3 Å². The maximum absolute atomic E-state index is 12.9. The highest BCUT2D eigenvalue weighted by atomic mass is 32.2. The molecule has 0 radical (unpaired) electrons. The minimum absolute atomic E-state index is 0.0470. The summed E-state index contributed by atoms with van der Waals surface area (Å²) in [7, 11) is 1.70. The average Bonchev–Trinajstić information content (AvgIpc) is 3.06. The number of hydrogen-bond donors (Lipinski definition) is 1. The van der Waals surface area contributed by atoms with Crippen LogP contribution in [0, 0.1) is 5.92 Å². The Hall–Kier alpha value is -2.12. The first kappa shape index (κ1) is 18.7. The van der Waals surface area contributed by atoms with Crippen molar-refractivity contribution in [1.82, 2.24) is 14.9 Å². The van der Waals surface area contributed by atoms with Crippen molar-refractivity contribution in [3.05, 3.63) is 46.1 Å². The van der Waals surface area contributed by atoms with E-state index in [1.54, 1.807) is 7.05 Å². The number of hydrogen-bond acceptors (Lipinski definition) is 5. The molecule has 5 nitrogen and oxygen atoms in total. The lowest BCUT2D eigenvalue weighted by Crippen LogP contribution is -2.29. The van der Waals surface area contributed by atoms with Gasteiger partial charge in [-0.3, -0.25) is 14.2 Å². The maximum atomic E-state index is 12.9. The molecule has 3 aromatic rings. The van der Waals surface area contributed by atoms with E-state index in [1.165, 1.54) is 27.7 Å². The Morgan fingerprint density at radius 3 is 2.73 bits per heavy atom. The zero-order valence-corrected chi connectivity index (χ0v) is 16.6. The summed E-state index contributed by atoms with van der Waals surface area (Å²) in [6, 6.07) is 9.84. The van der Waals surface area contributed by atoms with E-state index in [1.807, 2.05) is 49.6 Å². The van der Waals surface area contributed by atoms with Gasteiger partial charge in [0, 0.05) is 24.5 Å². The van der Waals surface area contributed by atoms with E-state index in [2.05, 4.69) is 10.3 Å². The number of thioether (sulfide) groups is 1. The number of fused-ring (bicyclic) bond motifs is 1. The highest BCUT2D eigenvalue weighted by Crippen LogP contribution is 2.31. The molecule has 0 saturated carbocycles. The molecule has 0 fully saturated rings. The number of carbonyl (C=O) groups excluding carboxylic acids is 1. The van der Waals surface area contributed by atoms with Crippen molar-refractivity contribution in [3.63, 3.8) is 0 Å². The van der Waals surface area contributed by atoms with Crippen molar-refractivity contribution in [1.29, 1.82) is 0 Å². The first-order valence-electron chi connectivity index (χ1n) is 8.40.